The lowest BCUT2D eigenvalue weighted by molar-refractivity contribution is -0.124. The van der Waals surface area contributed by atoms with Crippen LogP contribution in [0.1, 0.15) is 39.5 Å². The van der Waals surface area contributed by atoms with Crippen molar-refractivity contribution >= 4 is 5.91 Å². The summed E-state index contributed by atoms with van der Waals surface area (Å²) < 4.78 is 10.9. The van der Waals surface area contributed by atoms with Crippen molar-refractivity contribution in [2.45, 2.75) is 45.1 Å². The number of nitrogens with two attached hydrogens (primary N) is 1. The lowest BCUT2D eigenvalue weighted by atomic mass is 9.94. The maximum absolute atomic E-state index is 11.4. The van der Waals surface area contributed by atoms with Gasteiger partial charge in [0.1, 0.15) is 0 Å². The van der Waals surface area contributed by atoms with Crippen LogP contribution in [0.25, 0.3) is 0 Å². The summed E-state index contributed by atoms with van der Waals surface area (Å²) in [6.07, 6.45) is 3.77. The molecule has 3 N–H and O–H groups in total. The van der Waals surface area contributed by atoms with Gasteiger partial charge in [-0.15, -0.1) is 0 Å². The molecular weight excluding hydrogens is 244 g/mol. The van der Waals surface area contributed by atoms with Gasteiger partial charge in [-0.25, -0.2) is 0 Å². The van der Waals surface area contributed by atoms with Gasteiger partial charge in [-0.2, -0.15) is 0 Å². The summed E-state index contributed by atoms with van der Waals surface area (Å²) in [5.41, 5.74) is 4.84. The Morgan fingerprint density at radius 1 is 1.53 bits per heavy atom. The van der Waals surface area contributed by atoms with Crippen LogP contribution in [0.5, 0.6) is 0 Å². The molecule has 0 radical (unpaired) electrons. The zero-order chi connectivity index (χ0) is 14.1. The molecule has 1 saturated heterocycles. The molecule has 0 aromatic carbocycles. The Hall–Kier alpha value is -0.650. The smallest absolute Gasteiger partial charge is 0.237 e. The van der Waals surface area contributed by atoms with E-state index in [0.29, 0.717) is 5.92 Å². The number of likely N-dealkylation sites (N-methyl/N-ethyl adjacent to an activating group) is 1. The SMILES string of the molecule is CCNC(C)(CCCCOCC1CCOC1)C(N)=O. The van der Waals surface area contributed by atoms with E-state index >= 15 is 0 Å². The predicted molar refractivity (Wildman–Crippen MR) is 74.9 cm³/mol. The molecule has 2 atom stereocenters. The first-order chi connectivity index (χ1) is 9.08. The topological polar surface area (TPSA) is 73.6 Å². The molecule has 1 rings (SSSR count). The standard InChI is InChI=1S/C14H28N2O3/c1-3-16-14(2,13(15)17)7-4-5-8-18-10-12-6-9-19-11-12/h12,16H,3-11H2,1-2H3,(H2,15,17). The fraction of sp³-hybridized carbons (Fsp3) is 0.929. The normalized spacial score (nSPS) is 22.3. The minimum Gasteiger partial charge on any atom is -0.381 e. The second-order valence-corrected chi connectivity index (χ2v) is 5.49. The molecule has 1 heterocycles. The minimum absolute atomic E-state index is 0.279. The van der Waals surface area contributed by atoms with E-state index < -0.39 is 5.54 Å². The molecule has 0 saturated carbocycles. The highest BCUT2D eigenvalue weighted by Gasteiger charge is 2.28. The third-order valence-electron chi connectivity index (χ3n) is 3.70. The van der Waals surface area contributed by atoms with Crippen LogP contribution in [0.4, 0.5) is 0 Å². The molecule has 1 aliphatic rings. The Morgan fingerprint density at radius 2 is 2.32 bits per heavy atom. The van der Waals surface area contributed by atoms with E-state index in [9.17, 15) is 4.79 Å². The lowest BCUT2D eigenvalue weighted by Gasteiger charge is -2.26. The highest BCUT2D eigenvalue weighted by atomic mass is 16.5. The lowest BCUT2D eigenvalue weighted by Crippen LogP contribution is -2.52. The van der Waals surface area contributed by atoms with Gasteiger partial charge in [0, 0.05) is 19.1 Å². The first kappa shape index (κ1) is 16.4. The molecule has 0 spiro atoms. The summed E-state index contributed by atoms with van der Waals surface area (Å²) in [6, 6.07) is 0. The van der Waals surface area contributed by atoms with Crippen molar-refractivity contribution in [2.75, 3.05) is 33.0 Å². The van der Waals surface area contributed by atoms with Gasteiger partial charge in [0.15, 0.2) is 0 Å². The number of carbonyl (C=O) groups is 1. The van der Waals surface area contributed by atoms with Crippen molar-refractivity contribution in [3.63, 3.8) is 0 Å². The van der Waals surface area contributed by atoms with Crippen molar-refractivity contribution < 1.29 is 14.3 Å². The average molecular weight is 272 g/mol. The van der Waals surface area contributed by atoms with Gasteiger partial charge < -0.3 is 20.5 Å². The molecule has 0 bridgehead atoms. The van der Waals surface area contributed by atoms with Crippen LogP contribution in [0.2, 0.25) is 0 Å². The molecular formula is C14H28N2O3. The predicted octanol–water partition coefficient (Wildman–Crippen LogP) is 1.06. The van der Waals surface area contributed by atoms with Crippen LogP contribution >= 0.6 is 0 Å². The fourth-order valence-electron chi connectivity index (χ4n) is 2.34. The summed E-state index contributed by atoms with van der Waals surface area (Å²) >= 11 is 0. The number of carbonyl (C=O) groups excluding carboxylic acids is 1. The fourth-order valence-corrected chi connectivity index (χ4v) is 2.34. The zero-order valence-corrected chi connectivity index (χ0v) is 12.2. The number of hydrogen-bond donors (Lipinski definition) is 2. The Morgan fingerprint density at radius 3 is 2.89 bits per heavy atom. The van der Waals surface area contributed by atoms with Gasteiger partial charge >= 0.3 is 0 Å². The highest BCUT2D eigenvalue weighted by Crippen LogP contribution is 2.15. The van der Waals surface area contributed by atoms with E-state index in [2.05, 4.69) is 5.32 Å². The summed E-state index contributed by atoms with van der Waals surface area (Å²) in [7, 11) is 0. The average Bonchev–Trinajstić information content (AvgIpc) is 2.86. The van der Waals surface area contributed by atoms with Crippen molar-refractivity contribution in [1.82, 2.24) is 5.32 Å². The highest BCUT2D eigenvalue weighted by molar-refractivity contribution is 5.84. The second kappa shape index (κ2) is 8.51. The van der Waals surface area contributed by atoms with Gasteiger partial charge in [0.05, 0.1) is 18.8 Å². The van der Waals surface area contributed by atoms with Crippen LogP contribution < -0.4 is 11.1 Å². The molecule has 112 valence electrons. The van der Waals surface area contributed by atoms with Crippen molar-refractivity contribution in [1.29, 1.82) is 0 Å². The van der Waals surface area contributed by atoms with Gasteiger partial charge in [-0.05, 0) is 39.2 Å². The second-order valence-electron chi connectivity index (χ2n) is 5.49. The molecule has 5 heteroatoms. The molecule has 5 nitrogen and oxygen atoms in total. The van der Waals surface area contributed by atoms with E-state index in [1.165, 1.54) is 0 Å². The maximum atomic E-state index is 11.4. The Labute approximate surface area is 116 Å². The molecule has 1 fully saturated rings. The summed E-state index contributed by atoms with van der Waals surface area (Å²) in [5, 5.41) is 3.16. The molecule has 0 aromatic heterocycles. The molecule has 2 unspecified atom stereocenters. The molecule has 19 heavy (non-hydrogen) atoms. The summed E-state index contributed by atoms with van der Waals surface area (Å²) in [4.78, 5) is 11.4. The van der Waals surface area contributed by atoms with Gasteiger partial charge in [0.25, 0.3) is 0 Å². The van der Waals surface area contributed by atoms with E-state index in [4.69, 9.17) is 15.2 Å². The quantitative estimate of drug-likeness (QED) is 0.583. The van der Waals surface area contributed by atoms with E-state index in [1.54, 1.807) is 0 Å². The van der Waals surface area contributed by atoms with Crippen LogP contribution in [0.15, 0.2) is 0 Å². The Bertz CT molecular complexity index is 267. The largest absolute Gasteiger partial charge is 0.381 e. The van der Waals surface area contributed by atoms with E-state index in [1.807, 2.05) is 13.8 Å². The molecule has 0 aromatic rings. The zero-order valence-electron chi connectivity index (χ0n) is 12.2. The monoisotopic (exact) mass is 272 g/mol. The minimum atomic E-state index is -0.589. The number of nitrogens with one attached hydrogen (secondary N) is 1. The van der Waals surface area contributed by atoms with Gasteiger partial charge in [-0.1, -0.05) is 6.92 Å². The summed E-state index contributed by atoms with van der Waals surface area (Å²) in [5.74, 6) is 0.288. The van der Waals surface area contributed by atoms with Crippen molar-refractivity contribution in [3.05, 3.63) is 0 Å². The Kier molecular flexibility index (Phi) is 7.34. The van der Waals surface area contributed by atoms with Crippen LogP contribution in [-0.4, -0.2) is 44.4 Å². The number of amides is 1. The number of hydrogen-bond acceptors (Lipinski definition) is 4. The number of rotatable bonds is 10. The van der Waals surface area contributed by atoms with Gasteiger partial charge in [0.2, 0.25) is 5.91 Å². The molecule has 0 aliphatic carbocycles. The number of unbranched alkanes of at least 4 members (excludes halogenated alkanes) is 1. The number of ether oxygens (including phenoxy) is 2. The van der Waals surface area contributed by atoms with E-state index in [-0.39, 0.29) is 5.91 Å². The van der Waals surface area contributed by atoms with Crippen LogP contribution in [0.3, 0.4) is 0 Å². The van der Waals surface area contributed by atoms with Crippen LogP contribution in [0, 0.1) is 5.92 Å². The third-order valence-corrected chi connectivity index (χ3v) is 3.70. The van der Waals surface area contributed by atoms with Crippen LogP contribution in [-0.2, 0) is 14.3 Å². The summed E-state index contributed by atoms with van der Waals surface area (Å²) in [6.45, 7) is 7.84. The molecule has 1 amide bonds. The van der Waals surface area contributed by atoms with Crippen molar-refractivity contribution in [3.8, 4) is 0 Å². The van der Waals surface area contributed by atoms with E-state index in [0.717, 1.165) is 58.7 Å². The number of primary amides is 1. The first-order valence-corrected chi connectivity index (χ1v) is 7.29. The third kappa shape index (κ3) is 5.89. The van der Waals surface area contributed by atoms with Gasteiger partial charge in [-0.3, -0.25) is 4.79 Å². The first-order valence-electron chi connectivity index (χ1n) is 7.29. The van der Waals surface area contributed by atoms with Crippen molar-refractivity contribution in [2.24, 2.45) is 11.7 Å². The maximum Gasteiger partial charge on any atom is 0.237 e. The molecule has 1 aliphatic heterocycles. The Balaban J connectivity index is 2.06.